The lowest BCUT2D eigenvalue weighted by Crippen LogP contribution is -2.61. The second-order valence-corrected chi connectivity index (χ2v) is 14.9. The monoisotopic (exact) mass is 542 g/mol. The Kier molecular flexibility index (Phi) is 7.85. The van der Waals surface area contributed by atoms with Crippen LogP contribution >= 0.6 is 0 Å². The van der Waals surface area contributed by atoms with Crippen molar-refractivity contribution in [1.82, 2.24) is 9.80 Å². The average molecular weight is 543 g/mol. The third kappa shape index (κ3) is 4.98. The van der Waals surface area contributed by atoms with E-state index >= 15 is 0 Å². The minimum absolute atomic E-state index is 0.0328. The van der Waals surface area contributed by atoms with Gasteiger partial charge in [-0.2, -0.15) is 0 Å². The summed E-state index contributed by atoms with van der Waals surface area (Å²) in [4.78, 5) is 29.9. The molecule has 10 atom stereocenters. The van der Waals surface area contributed by atoms with E-state index in [2.05, 4.69) is 23.6 Å². The first-order chi connectivity index (χ1) is 18.7. The maximum Gasteiger partial charge on any atom is 0.302 e. The summed E-state index contributed by atoms with van der Waals surface area (Å²) in [6, 6.07) is 0.746. The van der Waals surface area contributed by atoms with E-state index in [1.165, 1.54) is 77.0 Å². The first kappa shape index (κ1) is 28.0. The highest BCUT2D eigenvalue weighted by Crippen LogP contribution is 2.67. The van der Waals surface area contributed by atoms with Gasteiger partial charge >= 0.3 is 11.9 Å². The summed E-state index contributed by atoms with van der Waals surface area (Å²) in [6.07, 6.45) is 16.2. The molecule has 6 nitrogen and oxygen atoms in total. The zero-order valence-electron chi connectivity index (χ0n) is 25.2. The first-order valence-electron chi connectivity index (χ1n) is 16.5. The van der Waals surface area contributed by atoms with Crippen molar-refractivity contribution in [3.05, 3.63) is 0 Å². The van der Waals surface area contributed by atoms with E-state index in [1.54, 1.807) is 13.8 Å². The van der Waals surface area contributed by atoms with Gasteiger partial charge in [0.05, 0.1) is 0 Å². The van der Waals surface area contributed by atoms with Crippen molar-refractivity contribution in [2.75, 3.05) is 26.2 Å². The number of ether oxygens (including phenoxy) is 2. The van der Waals surface area contributed by atoms with Gasteiger partial charge < -0.3 is 9.47 Å². The summed E-state index contributed by atoms with van der Waals surface area (Å²) in [5, 5.41) is 0. The number of hydrogen-bond acceptors (Lipinski definition) is 6. The van der Waals surface area contributed by atoms with E-state index in [4.69, 9.17) is 9.47 Å². The number of likely N-dealkylation sites (tertiary alicyclic amines) is 2. The van der Waals surface area contributed by atoms with Crippen molar-refractivity contribution >= 4 is 11.9 Å². The van der Waals surface area contributed by atoms with Crippen molar-refractivity contribution in [3.8, 4) is 0 Å². The molecule has 6 rings (SSSR count). The van der Waals surface area contributed by atoms with Gasteiger partial charge in [-0.3, -0.25) is 19.4 Å². The molecule has 1 unspecified atom stereocenters. The number of carbonyl (C=O) groups is 2. The van der Waals surface area contributed by atoms with Crippen LogP contribution in [0.2, 0.25) is 0 Å². The average Bonchev–Trinajstić information content (AvgIpc) is 3.21. The van der Waals surface area contributed by atoms with Gasteiger partial charge in [-0.25, -0.2) is 0 Å². The van der Waals surface area contributed by atoms with Crippen LogP contribution in [0.15, 0.2) is 0 Å². The van der Waals surface area contributed by atoms with Crippen LogP contribution in [0.4, 0.5) is 0 Å². The van der Waals surface area contributed by atoms with Crippen LogP contribution in [-0.2, 0) is 19.1 Å². The highest BCUT2D eigenvalue weighted by Gasteiger charge is 2.65. The Bertz CT molecular complexity index is 913. The van der Waals surface area contributed by atoms with E-state index in [-0.39, 0.29) is 29.6 Å². The van der Waals surface area contributed by atoms with E-state index in [0.29, 0.717) is 35.3 Å². The predicted octanol–water partition coefficient (Wildman–Crippen LogP) is 5.82. The van der Waals surface area contributed by atoms with E-state index in [1.807, 2.05) is 0 Å². The molecule has 220 valence electrons. The Morgan fingerprint density at radius 2 is 1.31 bits per heavy atom. The van der Waals surface area contributed by atoms with E-state index in [0.717, 1.165) is 38.5 Å². The van der Waals surface area contributed by atoms with Crippen molar-refractivity contribution in [1.29, 1.82) is 0 Å². The molecule has 6 fully saturated rings. The molecule has 0 radical (unpaired) electrons. The second-order valence-electron chi connectivity index (χ2n) is 14.9. The lowest BCUT2D eigenvalue weighted by Gasteiger charge is -2.62. The molecule has 6 heteroatoms. The normalized spacial score (nSPS) is 47.0. The summed E-state index contributed by atoms with van der Waals surface area (Å²) < 4.78 is 12.3. The molecule has 0 spiro atoms. The summed E-state index contributed by atoms with van der Waals surface area (Å²) in [5.74, 6) is 2.49. The van der Waals surface area contributed by atoms with Gasteiger partial charge in [0.25, 0.3) is 0 Å². The Morgan fingerprint density at radius 1 is 0.692 bits per heavy atom. The number of fused-ring (bicyclic) bond motifs is 5. The third-order valence-corrected chi connectivity index (χ3v) is 12.9. The van der Waals surface area contributed by atoms with Crippen LogP contribution in [0.5, 0.6) is 0 Å². The van der Waals surface area contributed by atoms with Gasteiger partial charge in [0, 0.05) is 31.3 Å². The number of esters is 2. The van der Waals surface area contributed by atoms with Crippen LogP contribution in [0, 0.1) is 34.5 Å². The minimum atomic E-state index is -0.112. The number of piperidine rings is 2. The first-order valence-corrected chi connectivity index (χ1v) is 16.5. The predicted molar refractivity (Wildman–Crippen MR) is 152 cm³/mol. The van der Waals surface area contributed by atoms with Gasteiger partial charge in [-0.1, -0.05) is 26.7 Å². The lowest BCUT2D eigenvalue weighted by atomic mass is 9.44. The van der Waals surface area contributed by atoms with Crippen molar-refractivity contribution in [3.63, 3.8) is 0 Å². The Hall–Kier alpha value is -1.14. The highest BCUT2D eigenvalue weighted by atomic mass is 16.5. The van der Waals surface area contributed by atoms with Gasteiger partial charge in [-0.05, 0) is 126 Å². The minimum Gasteiger partial charge on any atom is -0.461 e. The highest BCUT2D eigenvalue weighted by molar-refractivity contribution is 5.66. The molecule has 4 saturated carbocycles. The molecular weight excluding hydrogens is 488 g/mol. The molecule has 2 heterocycles. The molecule has 0 bridgehead atoms. The van der Waals surface area contributed by atoms with Crippen LogP contribution in [-0.4, -0.2) is 72.2 Å². The summed E-state index contributed by atoms with van der Waals surface area (Å²) in [5.41, 5.74) is 0.377. The SMILES string of the molecule is CC(=O)O[C@H]1C[C@@H]2CCC3[C@H](CC[C@@]4(C)[C@H]3C[C@H](N3CCCCC3)[C@@H]4OC(C)=O)[C@@]2(C)C[C@@H]1N1CCCCC1. The Balaban J connectivity index is 1.27. The molecule has 0 N–H and O–H groups in total. The van der Waals surface area contributed by atoms with Gasteiger partial charge in [-0.15, -0.1) is 0 Å². The van der Waals surface area contributed by atoms with Crippen LogP contribution in [0.1, 0.15) is 111 Å². The molecule has 0 aromatic rings. The van der Waals surface area contributed by atoms with Gasteiger partial charge in [0.1, 0.15) is 12.2 Å². The molecule has 39 heavy (non-hydrogen) atoms. The van der Waals surface area contributed by atoms with E-state index in [9.17, 15) is 9.59 Å². The summed E-state index contributed by atoms with van der Waals surface area (Å²) in [7, 11) is 0. The number of hydrogen-bond donors (Lipinski definition) is 0. The molecule has 0 aromatic carbocycles. The maximum atomic E-state index is 12.4. The fraction of sp³-hybridized carbons (Fsp3) is 0.939. The molecule has 2 saturated heterocycles. The van der Waals surface area contributed by atoms with Crippen LogP contribution < -0.4 is 0 Å². The quantitative estimate of drug-likeness (QED) is 0.417. The zero-order chi connectivity index (χ0) is 27.4. The lowest BCUT2D eigenvalue weighted by molar-refractivity contribution is -0.180. The Morgan fingerprint density at radius 3 is 1.92 bits per heavy atom. The summed E-state index contributed by atoms with van der Waals surface area (Å²) >= 11 is 0. The summed E-state index contributed by atoms with van der Waals surface area (Å²) in [6.45, 7) is 12.9. The Labute approximate surface area is 236 Å². The molecule has 0 amide bonds. The topological polar surface area (TPSA) is 59.1 Å². The largest absolute Gasteiger partial charge is 0.461 e. The number of nitrogens with zero attached hydrogens (tertiary/aromatic N) is 2. The van der Waals surface area contributed by atoms with Crippen LogP contribution in [0.25, 0.3) is 0 Å². The molecule has 4 aliphatic carbocycles. The van der Waals surface area contributed by atoms with Crippen molar-refractivity contribution in [2.24, 2.45) is 34.5 Å². The number of carbonyl (C=O) groups excluding carboxylic acids is 2. The number of rotatable bonds is 4. The van der Waals surface area contributed by atoms with Gasteiger partial charge in [0.2, 0.25) is 0 Å². The van der Waals surface area contributed by atoms with Crippen molar-refractivity contribution < 1.29 is 19.1 Å². The van der Waals surface area contributed by atoms with Crippen molar-refractivity contribution in [2.45, 2.75) is 135 Å². The second kappa shape index (κ2) is 10.9. The molecular formula is C33H54N2O4. The standard InChI is InChI=1S/C33H54N2O4/c1-22(36)38-30-19-24-11-12-25-26(33(24,4)21-29(30)35-17-9-6-10-18-35)13-14-32(3)27(25)20-28(31(32)39-23(2)37)34-15-7-5-8-16-34/h24-31H,5-21H2,1-4H3/t24-,25?,26-,27-,28-,29-,30-,31-,32-,33-/m0/s1. The van der Waals surface area contributed by atoms with Gasteiger partial charge in [0.15, 0.2) is 0 Å². The third-order valence-electron chi connectivity index (χ3n) is 12.9. The fourth-order valence-electron chi connectivity index (χ4n) is 11.2. The smallest absolute Gasteiger partial charge is 0.302 e. The molecule has 0 aromatic heterocycles. The maximum absolute atomic E-state index is 12.4. The van der Waals surface area contributed by atoms with E-state index < -0.39 is 0 Å². The fourth-order valence-corrected chi connectivity index (χ4v) is 11.2. The molecule has 2 aliphatic heterocycles. The molecule has 6 aliphatic rings. The van der Waals surface area contributed by atoms with Crippen LogP contribution in [0.3, 0.4) is 0 Å². The zero-order valence-corrected chi connectivity index (χ0v) is 25.2.